The maximum Gasteiger partial charge on any atom is 0.469 e. The number of hydrogen-bond acceptors (Lipinski definition) is 10. The first-order valence-electron chi connectivity index (χ1n) is 9.69. The highest BCUT2D eigenvalue weighted by molar-refractivity contribution is 7.46. The monoisotopic (exact) mass is 505 g/mol. The third kappa shape index (κ3) is 6.28. The van der Waals surface area contributed by atoms with Crippen molar-refractivity contribution in [3.05, 3.63) is 47.5 Å². The molecule has 7 N–H and O–H groups in total. The van der Waals surface area contributed by atoms with Crippen molar-refractivity contribution in [2.24, 2.45) is 0 Å². The summed E-state index contributed by atoms with van der Waals surface area (Å²) >= 11 is 0. The Bertz CT molecular complexity index is 1180. The SMILES string of the molecule is Cc1ccc(CNc2ncnc3nc[nH]c23)c(F)c1F.O=P(O)(O)OC[C@H]1OC(O)[C@H](O)[C@@H]1O. The van der Waals surface area contributed by atoms with Gasteiger partial charge in [0.05, 0.1) is 12.9 Å². The molecule has 0 amide bonds. The highest BCUT2D eigenvalue weighted by Gasteiger charge is 2.42. The van der Waals surface area contributed by atoms with Gasteiger partial charge >= 0.3 is 7.82 Å². The van der Waals surface area contributed by atoms with E-state index in [2.05, 4.69) is 34.5 Å². The third-order valence-corrected chi connectivity index (χ3v) is 5.25. The normalized spacial score (nSPS) is 22.5. The van der Waals surface area contributed by atoms with Gasteiger partial charge in [0.25, 0.3) is 0 Å². The van der Waals surface area contributed by atoms with Crippen molar-refractivity contribution in [1.29, 1.82) is 0 Å². The van der Waals surface area contributed by atoms with E-state index in [0.29, 0.717) is 17.0 Å². The van der Waals surface area contributed by atoms with Crippen LogP contribution >= 0.6 is 7.82 Å². The number of phosphoric ester groups is 1. The van der Waals surface area contributed by atoms with Crippen LogP contribution in [0.1, 0.15) is 11.1 Å². The van der Waals surface area contributed by atoms with Crippen molar-refractivity contribution < 1.29 is 47.7 Å². The lowest BCUT2D eigenvalue weighted by molar-refractivity contribution is -0.132. The Hall–Kier alpha value is -2.62. The Labute approximate surface area is 190 Å². The molecule has 1 aliphatic rings. The molecule has 0 radical (unpaired) electrons. The number of aliphatic hydroxyl groups excluding tert-OH is 3. The van der Waals surface area contributed by atoms with Crippen LogP contribution in [0.3, 0.4) is 0 Å². The van der Waals surface area contributed by atoms with Crippen molar-refractivity contribution in [3.63, 3.8) is 0 Å². The molecular weight excluding hydrogens is 483 g/mol. The number of hydrogen-bond donors (Lipinski definition) is 7. The van der Waals surface area contributed by atoms with Crippen LogP contribution in [-0.4, -0.2) is 76.3 Å². The molecule has 1 fully saturated rings. The zero-order valence-electron chi connectivity index (χ0n) is 17.5. The maximum absolute atomic E-state index is 13.8. The molecule has 1 aliphatic heterocycles. The molecule has 34 heavy (non-hydrogen) atoms. The van der Waals surface area contributed by atoms with E-state index in [9.17, 15) is 13.3 Å². The largest absolute Gasteiger partial charge is 0.469 e. The van der Waals surface area contributed by atoms with Crippen molar-refractivity contribution >= 4 is 24.8 Å². The number of halogens is 2. The second-order valence-corrected chi connectivity index (χ2v) is 8.42. The predicted molar refractivity (Wildman–Crippen MR) is 111 cm³/mol. The van der Waals surface area contributed by atoms with Gasteiger partial charge in [-0.15, -0.1) is 0 Å². The van der Waals surface area contributed by atoms with Crippen LogP contribution in [0.4, 0.5) is 14.6 Å². The summed E-state index contributed by atoms with van der Waals surface area (Å²) in [5.41, 5.74) is 1.65. The molecule has 0 bridgehead atoms. The molecule has 3 aromatic rings. The van der Waals surface area contributed by atoms with E-state index >= 15 is 0 Å². The number of aromatic nitrogens is 4. The van der Waals surface area contributed by atoms with E-state index < -0.39 is 50.7 Å². The lowest BCUT2D eigenvalue weighted by Gasteiger charge is -2.14. The maximum atomic E-state index is 13.8. The molecule has 0 aliphatic carbocycles. The molecule has 1 aromatic carbocycles. The lowest BCUT2D eigenvalue weighted by atomic mass is 10.1. The van der Waals surface area contributed by atoms with Crippen LogP contribution in [0, 0.1) is 18.6 Å². The number of aliphatic hydroxyl groups is 3. The Morgan fingerprint density at radius 3 is 2.53 bits per heavy atom. The molecular formula is C18H22F2N5O8P. The number of nitrogens with zero attached hydrogens (tertiary/aromatic N) is 3. The minimum Gasteiger partial charge on any atom is -0.387 e. The quantitative estimate of drug-likeness (QED) is 0.223. The van der Waals surface area contributed by atoms with Crippen molar-refractivity contribution in [1.82, 2.24) is 19.9 Å². The molecule has 13 nitrogen and oxygen atoms in total. The molecule has 1 saturated heterocycles. The molecule has 186 valence electrons. The van der Waals surface area contributed by atoms with Gasteiger partial charge in [0, 0.05) is 12.1 Å². The lowest BCUT2D eigenvalue weighted by Crippen LogP contribution is -2.34. The number of aromatic amines is 1. The average Bonchev–Trinajstić information content (AvgIpc) is 3.36. The standard InChI is InChI=1S/C13H11F2N5.C5H11O8P/c1-7-2-3-8(10(15)9(7)14)4-16-12-11-13(18-5-17-11)20-6-19-12;6-3-2(1-12-14(9,10)11)13-5(8)4(3)7/h2-3,5-6H,4H2,1H3,(H2,16,17,18,19,20);2-8H,1H2,(H2,9,10,11)/t;2-,3-,4-,5?/m.1/s1. The summed E-state index contributed by atoms with van der Waals surface area (Å²) in [6.45, 7) is 1.03. The number of imidazole rings is 1. The minimum atomic E-state index is -4.64. The molecule has 4 rings (SSSR count). The first kappa shape index (κ1) is 26.0. The third-order valence-electron chi connectivity index (χ3n) is 4.77. The van der Waals surface area contributed by atoms with Gasteiger partial charge in [-0.05, 0) is 12.5 Å². The topological polar surface area (TPSA) is 203 Å². The Balaban J connectivity index is 0.000000204. The average molecular weight is 505 g/mol. The Kier molecular flexibility index (Phi) is 8.22. The van der Waals surface area contributed by atoms with Crippen LogP contribution in [0.2, 0.25) is 0 Å². The second-order valence-electron chi connectivity index (χ2n) is 7.18. The van der Waals surface area contributed by atoms with Crippen molar-refractivity contribution in [2.75, 3.05) is 11.9 Å². The van der Waals surface area contributed by atoms with Gasteiger partial charge in [-0.2, -0.15) is 0 Å². The first-order valence-corrected chi connectivity index (χ1v) is 11.2. The summed E-state index contributed by atoms with van der Waals surface area (Å²) < 4.78 is 46.1. The van der Waals surface area contributed by atoms with Crippen molar-refractivity contribution in [3.8, 4) is 0 Å². The van der Waals surface area contributed by atoms with E-state index in [0.717, 1.165) is 0 Å². The number of benzene rings is 1. The summed E-state index contributed by atoms with van der Waals surface area (Å²) in [5, 5.41) is 30.0. The number of rotatable bonds is 6. The first-order chi connectivity index (χ1) is 16.0. The number of phosphoric acid groups is 1. The molecule has 0 spiro atoms. The fourth-order valence-electron chi connectivity index (χ4n) is 2.94. The zero-order chi connectivity index (χ0) is 25.0. The van der Waals surface area contributed by atoms with Crippen molar-refractivity contribution in [2.45, 2.75) is 38.1 Å². The van der Waals surface area contributed by atoms with E-state index in [4.69, 9.17) is 25.1 Å². The van der Waals surface area contributed by atoms with Crippen LogP contribution in [0.25, 0.3) is 11.2 Å². The molecule has 4 atom stereocenters. The summed E-state index contributed by atoms with van der Waals surface area (Å²) in [6, 6.07) is 3.09. The molecule has 3 heterocycles. The highest BCUT2D eigenvalue weighted by Crippen LogP contribution is 2.37. The number of fused-ring (bicyclic) bond motifs is 1. The summed E-state index contributed by atoms with van der Waals surface area (Å²) in [7, 11) is -4.64. The van der Waals surface area contributed by atoms with Gasteiger partial charge in [-0.25, -0.2) is 28.3 Å². The summed E-state index contributed by atoms with van der Waals surface area (Å²) in [5.74, 6) is -1.17. The highest BCUT2D eigenvalue weighted by atomic mass is 31.2. The molecule has 2 aromatic heterocycles. The van der Waals surface area contributed by atoms with Crippen LogP contribution in [0.5, 0.6) is 0 Å². The number of H-pyrrole nitrogens is 1. The van der Waals surface area contributed by atoms with Gasteiger partial charge in [0.1, 0.15) is 30.2 Å². The Morgan fingerprint density at radius 1 is 1.15 bits per heavy atom. The van der Waals surface area contributed by atoms with Gasteiger partial charge < -0.3 is 40.1 Å². The van der Waals surface area contributed by atoms with Crippen LogP contribution < -0.4 is 5.32 Å². The molecule has 0 saturated carbocycles. The van der Waals surface area contributed by atoms with Gasteiger partial charge in [0.2, 0.25) is 0 Å². The van der Waals surface area contributed by atoms with Gasteiger partial charge in [0.15, 0.2) is 29.4 Å². The molecule has 16 heteroatoms. The van der Waals surface area contributed by atoms with Gasteiger partial charge in [-0.3, -0.25) is 4.52 Å². The Morgan fingerprint density at radius 2 is 1.88 bits per heavy atom. The summed E-state index contributed by atoms with van der Waals surface area (Å²) in [4.78, 5) is 31.6. The number of aryl methyl sites for hydroxylation is 1. The minimum absolute atomic E-state index is 0.119. The van der Waals surface area contributed by atoms with Crippen LogP contribution in [-0.2, 0) is 20.4 Å². The predicted octanol–water partition coefficient (Wildman–Crippen LogP) is 0.0863. The van der Waals surface area contributed by atoms with Gasteiger partial charge in [-0.1, -0.05) is 12.1 Å². The summed E-state index contributed by atoms with van der Waals surface area (Å²) in [6.07, 6.45) is -2.81. The fraction of sp³-hybridized carbons (Fsp3) is 0.389. The molecule has 1 unspecified atom stereocenters. The van der Waals surface area contributed by atoms with Crippen LogP contribution in [0.15, 0.2) is 24.8 Å². The van der Waals surface area contributed by atoms with E-state index in [1.165, 1.54) is 19.6 Å². The number of anilines is 1. The van der Waals surface area contributed by atoms with E-state index in [1.807, 2.05) is 0 Å². The second kappa shape index (κ2) is 10.8. The van der Waals surface area contributed by atoms with E-state index in [-0.39, 0.29) is 17.7 Å². The number of ether oxygens (including phenoxy) is 1. The smallest absolute Gasteiger partial charge is 0.387 e. The number of nitrogens with one attached hydrogen (secondary N) is 2. The van der Waals surface area contributed by atoms with E-state index in [1.54, 1.807) is 12.1 Å². The zero-order valence-corrected chi connectivity index (χ0v) is 18.4. The fourth-order valence-corrected chi connectivity index (χ4v) is 3.28.